The molecule has 0 spiro atoms. The summed E-state index contributed by atoms with van der Waals surface area (Å²) in [6.07, 6.45) is 6.06. The third kappa shape index (κ3) is 2.80. The van der Waals surface area contributed by atoms with Crippen molar-refractivity contribution in [1.82, 2.24) is 9.97 Å². The van der Waals surface area contributed by atoms with E-state index in [-0.39, 0.29) is 0 Å². The second-order valence-corrected chi connectivity index (χ2v) is 3.91. The SMILES string of the molecule is CCc1cc(-c2cnc(NC#N)nc2)ccc1OC. The summed E-state index contributed by atoms with van der Waals surface area (Å²) in [6.45, 7) is 2.08. The molecule has 0 aliphatic heterocycles. The highest BCUT2D eigenvalue weighted by atomic mass is 16.5. The molecule has 0 saturated heterocycles. The van der Waals surface area contributed by atoms with Crippen LogP contribution in [0.1, 0.15) is 12.5 Å². The molecule has 0 atom stereocenters. The van der Waals surface area contributed by atoms with Crippen molar-refractivity contribution in [2.75, 3.05) is 12.4 Å². The van der Waals surface area contributed by atoms with Gasteiger partial charge in [-0.05, 0) is 29.7 Å². The van der Waals surface area contributed by atoms with Gasteiger partial charge in [0.25, 0.3) is 0 Å². The van der Waals surface area contributed by atoms with Gasteiger partial charge in [0.2, 0.25) is 5.95 Å². The van der Waals surface area contributed by atoms with E-state index in [1.807, 2.05) is 12.1 Å². The Morgan fingerprint density at radius 3 is 2.58 bits per heavy atom. The van der Waals surface area contributed by atoms with Gasteiger partial charge in [-0.15, -0.1) is 0 Å². The van der Waals surface area contributed by atoms with Crippen LogP contribution in [0.4, 0.5) is 5.95 Å². The Kier molecular flexibility index (Phi) is 3.94. The molecule has 0 amide bonds. The highest BCUT2D eigenvalue weighted by molar-refractivity contribution is 5.64. The second kappa shape index (κ2) is 5.83. The number of nitrogens with zero attached hydrogens (tertiary/aromatic N) is 3. The Balaban J connectivity index is 2.34. The molecule has 0 fully saturated rings. The molecule has 1 aromatic carbocycles. The van der Waals surface area contributed by atoms with Crippen LogP contribution in [-0.2, 0) is 6.42 Å². The minimum absolute atomic E-state index is 0.301. The Hall–Kier alpha value is -2.61. The van der Waals surface area contributed by atoms with E-state index in [4.69, 9.17) is 10.00 Å². The van der Waals surface area contributed by atoms with Crippen molar-refractivity contribution in [3.63, 3.8) is 0 Å². The number of anilines is 1. The van der Waals surface area contributed by atoms with Gasteiger partial charge in [-0.2, -0.15) is 5.26 Å². The van der Waals surface area contributed by atoms with Crippen molar-refractivity contribution >= 4 is 5.95 Å². The van der Waals surface area contributed by atoms with Gasteiger partial charge in [0.1, 0.15) is 5.75 Å². The monoisotopic (exact) mass is 254 g/mol. The number of nitriles is 1. The topological polar surface area (TPSA) is 70.8 Å². The van der Waals surface area contributed by atoms with Crippen LogP contribution in [0.2, 0.25) is 0 Å². The van der Waals surface area contributed by atoms with E-state index in [0.29, 0.717) is 5.95 Å². The van der Waals surface area contributed by atoms with Crippen molar-refractivity contribution in [2.45, 2.75) is 13.3 Å². The summed E-state index contributed by atoms with van der Waals surface area (Å²) in [5, 5.41) is 10.9. The van der Waals surface area contributed by atoms with E-state index in [0.717, 1.165) is 28.9 Å². The zero-order chi connectivity index (χ0) is 13.7. The number of methoxy groups -OCH3 is 1. The maximum absolute atomic E-state index is 8.48. The quantitative estimate of drug-likeness (QED) is 0.670. The molecule has 1 N–H and O–H groups in total. The summed E-state index contributed by atoms with van der Waals surface area (Å²) < 4.78 is 5.30. The Bertz CT molecular complexity index is 602. The summed E-state index contributed by atoms with van der Waals surface area (Å²) >= 11 is 0. The zero-order valence-corrected chi connectivity index (χ0v) is 10.8. The summed E-state index contributed by atoms with van der Waals surface area (Å²) in [7, 11) is 1.67. The molecule has 0 radical (unpaired) electrons. The van der Waals surface area contributed by atoms with Crippen LogP contribution >= 0.6 is 0 Å². The number of rotatable bonds is 4. The number of hydrogen-bond acceptors (Lipinski definition) is 5. The Morgan fingerprint density at radius 1 is 1.26 bits per heavy atom. The number of nitrogens with one attached hydrogen (secondary N) is 1. The van der Waals surface area contributed by atoms with Gasteiger partial charge < -0.3 is 4.74 Å². The zero-order valence-electron chi connectivity index (χ0n) is 10.8. The van der Waals surface area contributed by atoms with Crippen molar-refractivity contribution < 1.29 is 4.74 Å². The lowest BCUT2D eigenvalue weighted by Gasteiger charge is -2.09. The summed E-state index contributed by atoms with van der Waals surface area (Å²) in [5.41, 5.74) is 3.07. The third-order valence-corrected chi connectivity index (χ3v) is 2.81. The predicted octanol–water partition coefficient (Wildman–Crippen LogP) is 2.61. The van der Waals surface area contributed by atoms with E-state index >= 15 is 0 Å². The Labute approximate surface area is 111 Å². The fraction of sp³-hybridized carbons (Fsp3) is 0.214. The average molecular weight is 254 g/mol. The fourth-order valence-corrected chi connectivity index (χ4v) is 1.83. The first kappa shape index (κ1) is 12.8. The lowest BCUT2D eigenvalue weighted by molar-refractivity contribution is 0.410. The largest absolute Gasteiger partial charge is 0.496 e. The van der Waals surface area contributed by atoms with Gasteiger partial charge in [-0.3, -0.25) is 5.32 Å². The second-order valence-electron chi connectivity index (χ2n) is 3.91. The van der Waals surface area contributed by atoms with Crippen molar-refractivity contribution in [3.8, 4) is 23.1 Å². The fourth-order valence-electron chi connectivity index (χ4n) is 1.83. The van der Waals surface area contributed by atoms with Crippen LogP contribution < -0.4 is 10.1 Å². The Morgan fingerprint density at radius 2 is 2.00 bits per heavy atom. The first-order valence-electron chi connectivity index (χ1n) is 5.93. The molecule has 0 saturated carbocycles. The number of hydrogen-bond donors (Lipinski definition) is 1. The average Bonchev–Trinajstić information content (AvgIpc) is 2.47. The number of aryl methyl sites for hydroxylation is 1. The molecule has 2 rings (SSSR count). The molecule has 1 aromatic heterocycles. The summed E-state index contributed by atoms with van der Waals surface area (Å²) in [5.74, 6) is 1.19. The number of aromatic nitrogens is 2. The van der Waals surface area contributed by atoms with Crippen molar-refractivity contribution in [1.29, 1.82) is 5.26 Å². The lowest BCUT2D eigenvalue weighted by atomic mass is 10.0. The van der Waals surface area contributed by atoms with Crippen molar-refractivity contribution in [3.05, 3.63) is 36.2 Å². The van der Waals surface area contributed by atoms with Crippen LogP contribution in [0.25, 0.3) is 11.1 Å². The maximum atomic E-state index is 8.48. The van der Waals surface area contributed by atoms with Crippen molar-refractivity contribution in [2.24, 2.45) is 0 Å². The van der Waals surface area contributed by atoms with Crippen LogP contribution in [0.3, 0.4) is 0 Å². The summed E-state index contributed by atoms with van der Waals surface area (Å²) in [6, 6.07) is 5.97. The first-order chi connectivity index (χ1) is 9.28. The summed E-state index contributed by atoms with van der Waals surface area (Å²) in [4.78, 5) is 8.13. The molecule has 0 bridgehead atoms. The third-order valence-electron chi connectivity index (χ3n) is 2.81. The molecule has 2 aromatic rings. The highest BCUT2D eigenvalue weighted by Gasteiger charge is 2.05. The van der Waals surface area contributed by atoms with Crippen LogP contribution in [0.15, 0.2) is 30.6 Å². The molecule has 5 nitrogen and oxygen atoms in total. The minimum atomic E-state index is 0.301. The minimum Gasteiger partial charge on any atom is -0.496 e. The molecular weight excluding hydrogens is 240 g/mol. The molecule has 1 heterocycles. The van der Waals surface area contributed by atoms with Gasteiger partial charge in [-0.25, -0.2) is 9.97 Å². The predicted molar refractivity (Wildman–Crippen MR) is 72.6 cm³/mol. The standard InChI is InChI=1S/C14H14N4O/c1-3-10-6-11(4-5-13(10)19-2)12-7-16-14(17-8-12)18-9-15/h4-8H,3H2,1-2H3,(H,16,17,18). The van der Waals surface area contributed by atoms with Gasteiger partial charge in [0, 0.05) is 18.0 Å². The molecule has 96 valence electrons. The highest BCUT2D eigenvalue weighted by Crippen LogP contribution is 2.26. The number of ether oxygens (including phenoxy) is 1. The first-order valence-corrected chi connectivity index (χ1v) is 5.93. The van der Waals surface area contributed by atoms with E-state index in [1.165, 1.54) is 0 Å². The van der Waals surface area contributed by atoms with Gasteiger partial charge >= 0.3 is 0 Å². The van der Waals surface area contributed by atoms with Crippen LogP contribution in [0, 0.1) is 11.5 Å². The maximum Gasteiger partial charge on any atom is 0.236 e. The molecule has 0 aliphatic carbocycles. The van der Waals surface area contributed by atoms with Gasteiger partial charge in [0.15, 0.2) is 6.19 Å². The lowest BCUT2D eigenvalue weighted by Crippen LogP contribution is -1.96. The molecule has 0 aliphatic rings. The van der Waals surface area contributed by atoms with Crippen LogP contribution in [0.5, 0.6) is 5.75 Å². The van der Waals surface area contributed by atoms with E-state index < -0.39 is 0 Å². The normalized spacial score (nSPS) is 9.74. The van der Waals surface area contributed by atoms with E-state index in [2.05, 4.69) is 28.3 Å². The smallest absolute Gasteiger partial charge is 0.236 e. The molecule has 0 unspecified atom stereocenters. The molecule has 19 heavy (non-hydrogen) atoms. The van der Waals surface area contributed by atoms with Crippen LogP contribution in [-0.4, -0.2) is 17.1 Å². The van der Waals surface area contributed by atoms with E-state index in [9.17, 15) is 0 Å². The van der Waals surface area contributed by atoms with Gasteiger partial charge in [0.05, 0.1) is 7.11 Å². The molecule has 5 heteroatoms. The number of benzene rings is 1. The van der Waals surface area contributed by atoms with Gasteiger partial charge in [-0.1, -0.05) is 13.0 Å². The molecular formula is C14H14N4O. The van der Waals surface area contributed by atoms with E-state index in [1.54, 1.807) is 25.7 Å².